The highest BCUT2D eigenvalue weighted by molar-refractivity contribution is 5.00. The van der Waals surface area contributed by atoms with E-state index >= 15 is 0 Å². The molecule has 0 aromatic heterocycles. The fourth-order valence-corrected chi connectivity index (χ4v) is 0.649. The van der Waals surface area contributed by atoms with Gasteiger partial charge in [-0.1, -0.05) is 0 Å². The number of hydrogen-bond donors (Lipinski definition) is 0. The van der Waals surface area contributed by atoms with Crippen LogP contribution in [-0.4, -0.2) is 30.7 Å². The minimum Gasteiger partial charge on any atom is -0.366 e. The second kappa shape index (κ2) is 2.49. The van der Waals surface area contributed by atoms with Crippen molar-refractivity contribution in [3.63, 3.8) is 0 Å². The van der Waals surface area contributed by atoms with Crippen LogP contribution < -0.4 is 0 Å². The lowest BCUT2D eigenvalue weighted by Crippen LogP contribution is -2.54. The number of epoxide rings is 1. The van der Waals surface area contributed by atoms with E-state index in [2.05, 4.69) is 4.74 Å². The fraction of sp³-hybridized carbons (Fsp3) is 1.00. The Morgan fingerprint density at radius 3 is 1.54 bits per heavy atom. The van der Waals surface area contributed by atoms with Gasteiger partial charge in [0.15, 0.2) is 6.10 Å². The van der Waals surface area contributed by atoms with Gasteiger partial charge in [0.2, 0.25) is 0 Å². The van der Waals surface area contributed by atoms with Crippen LogP contribution in [-0.2, 0) is 4.74 Å². The van der Waals surface area contributed by atoms with Gasteiger partial charge in [0.1, 0.15) is 0 Å². The lowest BCUT2D eigenvalue weighted by molar-refractivity contribution is -0.357. The van der Waals surface area contributed by atoms with Gasteiger partial charge in [-0.05, 0) is 0 Å². The molecule has 1 aliphatic rings. The maximum Gasteiger partial charge on any atom is 0.459 e. The molecule has 0 spiro atoms. The average molecular weight is 212 g/mol. The Hall–Kier alpha value is -0.530. The molecule has 0 unspecified atom stereocenters. The van der Waals surface area contributed by atoms with E-state index < -0.39 is 30.7 Å². The van der Waals surface area contributed by atoms with E-state index in [1.807, 2.05) is 0 Å². The molecule has 0 amide bonds. The Kier molecular flexibility index (Phi) is 2.02. The molecule has 1 rings (SSSR count). The first-order valence-corrected chi connectivity index (χ1v) is 3.04. The van der Waals surface area contributed by atoms with Crippen LogP contribution in [0.1, 0.15) is 0 Å². The van der Waals surface area contributed by atoms with E-state index in [1.54, 1.807) is 0 Å². The molecule has 8 heteroatoms. The standard InChI is InChI=1S/C5H3F7O/c6-3(7,2-1-13-2)4(8,9)5(10,11)12/h2H,1H2/t2-/m1/s1. The lowest BCUT2D eigenvalue weighted by Gasteiger charge is -2.26. The van der Waals surface area contributed by atoms with Crippen molar-refractivity contribution in [1.82, 2.24) is 0 Å². The van der Waals surface area contributed by atoms with E-state index in [1.165, 1.54) is 0 Å². The van der Waals surface area contributed by atoms with E-state index in [9.17, 15) is 30.7 Å². The smallest absolute Gasteiger partial charge is 0.366 e. The van der Waals surface area contributed by atoms with Crippen LogP contribution >= 0.6 is 0 Å². The third-order valence-corrected chi connectivity index (χ3v) is 1.51. The molecule has 1 nitrogen and oxygen atoms in total. The summed E-state index contributed by atoms with van der Waals surface area (Å²) in [5.41, 5.74) is 0. The number of hydrogen-bond acceptors (Lipinski definition) is 1. The second-order valence-electron chi connectivity index (χ2n) is 2.52. The molecule has 1 atom stereocenters. The van der Waals surface area contributed by atoms with Crippen LogP contribution in [0.5, 0.6) is 0 Å². The Morgan fingerprint density at radius 2 is 1.31 bits per heavy atom. The topological polar surface area (TPSA) is 12.5 Å². The zero-order valence-electron chi connectivity index (χ0n) is 5.84. The predicted molar refractivity (Wildman–Crippen MR) is 25.7 cm³/mol. The van der Waals surface area contributed by atoms with E-state index in [-0.39, 0.29) is 0 Å². The van der Waals surface area contributed by atoms with Crippen LogP contribution in [0.3, 0.4) is 0 Å². The van der Waals surface area contributed by atoms with Crippen LogP contribution in [0.25, 0.3) is 0 Å². The molecular weight excluding hydrogens is 209 g/mol. The van der Waals surface area contributed by atoms with Crippen LogP contribution in [0, 0.1) is 0 Å². The largest absolute Gasteiger partial charge is 0.459 e. The van der Waals surface area contributed by atoms with Crippen molar-refractivity contribution in [2.24, 2.45) is 0 Å². The Bertz CT molecular complexity index is 203. The molecule has 0 bridgehead atoms. The number of rotatable bonds is 2. The maximum atomic E-state index is 12.3. The summed E-state index contributed by atoms with van der Waals surface area (Å²) in [6, 6.07) is 0. The minimum absolute atomic E-state index is 0.779. The zero-order valence-corrected chi connectivity index (χ0v) is 5.84. The molecule has 0 aliphatic carbocycles. The monoisotopic (exact) mass is 212 g/mol. The summed E-state index contributed by atoms with van der Waals surface area (Å²) in [6.45, 7) is -0.779. The molecular formula is C5H3F7O. The molecule has 0 aromatic rings. The summed E-state index contributed by atoms with van der Waals surface area (Å²) in [7, 11) is 0. The number of ether oxygens (including phenoxy) is 1. The summed E-state index contributed by atoms with van der Waals surface area (Å²) in [5, 5.41) is 0. The Labute approximate surface area is 67.5 Å². The summed E-state index contributed by atoms with van der Waals surface area (Å²) in [4.78, 5) is 0. The highest BCUT2D eigenvalue weighted by atomic mass is 19.4. The minimum atomic E-state index is -6.26. The van der Waals surface area contributed by atoms with Crippen molar-refractivity contribution < 1.29 is 35.5 Å². The van der Waals surface area contributed by atoms with Crippen LogP contribution in [0.2, 0.25) is 0 Å². The molecule has 0 aromatic carbocycles. The molecule has 13 heavy (non-hydrogen) atoms. The lowest BCUT2D eigenvalue weighted by atomic mass is 10.1. The average Bonchev–Trinajstić information content (AvgIpc) is 2.63. The van der Waals surface area contributed by atoms with Gasteiger partial charge in [0.25, 0.3) is 0 Å². The molecule has 0 radical (unpaired) electrons. The SMILES string of the molecule is FC(F)(F)C(F)(F)C(F)(F)[C@H]1CO1. The number of halogens is 7. The third kappa shape index (κ3) is 1.47. The zero-order chi connectivity index (χ0) is 10.5. The third-order valence-electron chi connectivity index (χ3n) is 1.51. The first-order chi connectivity index (χ1) is 5.61. The maximum absolute atomic E-state index is 12.3. The van der Waals surface area contributed by atoms with E-state index in [0.717, 1.165) is 0 Å². The van der Waals surface area contributed by atoms with Gasteiger partial charge in [-0.25, -0.2) is 0 Å². The van der Waals surface area contributed by atoms with E-state index in [4.69, 9.17) is 0 Å². The van der Waals surface area contributed by atoms with Crippen LogP contribution in [0.15, 0.2) is 0 Å². The quantitative estimate of drug-likeness (QED) is 0.505. The molecule has 1 heterocycles. The van der Waals surface area contributed by atoms with Gasteiger partial charge in [0, 0.05) is 0 Å². The highest BCUT2D eigenvalue weighted by Gasteiger charge is 2.77. The highest BCUT2D eigenvalue weighted by Crippen LogP contribution is 2.50. The van der Waals surface area contributed by atoms with Gasteiger partial charge in [-0.3, -0.25) is 0 Å². The summed E-state index contributed by atoms with van der Waals surface area (Å²) in [6.07, 6.45) is -8.59. The van der Waals surface area contributed by atoms with Crippen molar-refractivity contribution in [3.05, 3.63) is 0 Å². The van der Waals surface area contributed by atoms with Gasteiger partial charge >= 0.3 is 18.0 Å². The number of alkyl halides is 7. The van der Waals surface area contributed by atoms with E-state index in [0.29, 0.717) is 0 Å². The summed E-state index contributed by atoms with van der Waals surface area (Å²) in [5.74, 6) is -11.2. The van der Waals surface area contributed by atoms with Gasteiger partial charge < -0.3 is 4.74 Å². The predicted octanol–water partition coefficient (Wildman–Crippen LogP) is 2.22. The second-order valence-corrected chi connectivity index (χ2v) is 2.52. The van der Waals surface area contributed by atoms with Crippen LogP contribution in [0.4, 0.5) is 30.7 Å². The molecule has 1 aliphatic heterocycles. The van der Waals surface area contributed by atoms with Gasteiger partial charge in [-0.2, -0.15) is 30.7 Å². The van der Waals surface area contributed by atoms with Gasteiger partial charge in [-0.15, -0.1) is 0 Å². The van der Waals surface area contributed by atoms with Crippen molar-refractivity contribution in [3.8, 4) is 0 Å². The first-order valence-electron chi connectivity index (χ1n) is 3.04. The summed E-state index contributed by atoms with van der Waals surface area (Å²) >= 11 is 0. The van der Waals surface area contributed by atoms with Crippen molar-refractivity contribution >= 4 is 0 Å². The van der Waals surface area contributed by atoms with Crippen molar-refractivity contribution in [2.75, 3.05) is 6.61 Å². The van der Waals surface area contributed by atoms with Gasteiger partial charge in [0.05, 0.1) is 6.61 Å². The molecule has 0 N–H and O–H groups in total. The normalized spacial score (nSPS) is 24.7. The molecule has 78 valence electrons. The molecule has 1 saturated heterocycles. The Morgan fingerprint density at radius 1 is 0.923 bits per heavy atom. The summed E-state index contributed by atoms with van der Waals surface area (Å²) < 4.78 is 86.7. The molecule has 1 fully saturated rings. The fourth-order valence-electron chi connectivity index (χ4n) is 0.649. The van der Waals surface area contributed by atoms with Crippen molar-refractivity contribution in [2.45, 2.75) is 24.1 Å². The Balaban J connectivity index is 2.90. The molecule has 0 saturated carbocycles. The van der Waals surface area contributed by atoms with Crippen molar-refractivity contribution in [1.29, 1.82) is 0 Å². The first kappa shape index (κ1) is 10.6.